The Balaban J connectivity index is 1.61. The molecule has 30 heavy (non-hydrogen) atoms. The first kappa shape index (κ1) is 18.6. The van der Waals surface area contributed by atoms with Gasteiger partial charge in [0.2, 0.25) is 5.91 Å². The topological polar surface area (TPSA) is 98.0 Å². The predicted octanol–water partition coefficient (Wildman–Crippen LogP) is 3.45. The normalized spacial score (nSPS) is 17.9. The first-order valence-electron chi connectivity index (χ1n) is 9.64. The molecule has 0 aromatic carbocycles. The van der Waals surface area contributed by atoms with Gasteiger partial charge in [-0.05, 0) is 25.5 Å². The molecule has 4 aromatic rings. The summed E-state index contributed by atoms with van der Waals surface area (Å²) in [4.78, 5) is 35.5. The van der Waals surface area contributed by atoms with Gasteiger partial charge in [-0.2, -0.15) is 0 Å². The fourth-order valence-corrected chi connectivity index (χ4v) is 3.87. The van der Waals surface area contributed by atoms with Crippen molar-refractivity contribution >= 4 is 29.0 Å². The maximum atomic E-state index is 12.9. The average Bonchev–Trinajstić information content (AvgIpc) is 3.32. The predicted molar refractivity (Wildman–Crippen MR) is 112 cm³/mol. The van der Waals surface area contributed by atoms with Crippen LogP contribution in [0.5, 0.6) is 0 Å². The lowest BCUT2D eigenvalue weighted by Gasteiger charge is -2.20. The summed E-state index contributed by atoms with van der Waals surface area (Å²) in [6.45, 7) is 3.91. The van der Waals surface area contributed by atoms with Crippen LogP contribution in [0.4, 0.5) is 5.82 Å². The number of nitrogens with zero attached hydrogens (tertiary/aromatic N) is 6. The number of carbonyl (C=O) groups excluding carboxylic acids is 1. The molecule has 0 radical (unpaired) electrons. The van der Waals surface area contributed by atoms with Crippen molar-refractivity contribution in [3.63, 3.8) is 0 Å². The quantitative estimate of drug-likeness (QED) is 0.544. The number of aryl methyl sites for hydroxylation is 1. The summed E-state index contributed by atoms with van der Waals surface area (Å²) in [5, 5.41) is 3.38. The minimum Gasteiger partial charge on any atom is -0.309 e. The number of imidazole rings is 1. The number of hydrogen-bond donors (Lipinski definition) is 1. The van der Waals surface area contributed by atoms with Crippen LogP contribution in [0.1, 0.15) is 37.2 Å². The van der Waals surface area contributed by atoms with Gasteiger partial charge in [0.1, 0.15) is 16.9 Å². The number of hydrogen-bond acceptors (Lipinski definition) is 6. The fourth-order valence-electron chi connectivity index (χ4n) is 3.76. The molecule has 1 atom stereocenters. The van der Waals surface area contributed by atoms with Crippen LogP contribution in [0.25, 0.3) is 17.2 Å². The van der Waals surface area contributed by atoms with Crippen molar-refractivity contribution < 1.29 is 4.79 Å². The number of rotatable bonds is 4. The van der Waals surface area contributed by atoms with Crippen molar-refractivity contribution in [2.45, 2.75) is 32.1 Å². The number of aromatic nitrogens is 6. The van der Waals surface area contributed by atoms with E-state index in [1.165, 1.54) is 6.20 Å². The molecule has 0 spiro atoms. The van der Waals surface area contributed by atoms with E-state index in [9.17, 15) is 4.79 Å². The molecular weight excluding hydrogens is 402 g/mol. The maximum absolute atomic E-state index is 12.9. The summed E-state index contributed by atoms with van der Waals surface area (Å²) in [6.07, 6.45) is 10.4. The summed E-state index contributed by atoms with van der Waals surface area (Å²) in [6, 6.07) is 3.46. The third kappa shape index (κ3) is 2.75. The Bertz CT molecular complexity index is 1280. The van der Waals surface area contributed by atoms with E-state index in [1.54, 1.807) is 24.5 Å². The molecule has 0 fully saturated rings. The van der Waals surface area contributed by atoms with E-state index in [0.29, 0.717) is 33.6 Å². The van der Waals surface area contributed by atoms with E-state index in [-0.39, 0.29) is 5.91 Å². The zero-order valence-corrected chi connectivity index (χ0v) is 17.2. The third-order valence-electron chi connectivity index (χ3n) is 5.41. The van der Waals surface area contributed by atoms with Gasteiger partial charge in [0.05, 0.1) is 16.4 Å². The number of fused-ring (bicyclic) bond motifs is 2. The molecule has 1 amide bonds. The highest BCUT2D eigenvalue weighted by molar-refractivity contribution is 6.30. The number of pyridine rings is 1. The molecule has 1 aliphatic rings. The molecule has 1 N–H and O–H groups in total. The lowest BCUT2D eigenvalue weighted by atomic mass is 9.81. The third-order valence-corrected chi connectivity index (χ3v) is 5.64. The van der Waals surface area contributed by atoms with E-state index in [2.05, 4.69) is 32.2 Å². The second-order valence-corrected chi connectivity index (χ2v) is 7.81. The van der Waals surface area contributed by atoms with Gasteiger partial charge in [0, 0.05) is 36.5 Å². The maximum Gasteiger partial charge on any atom is 0.242 e. The van der Waals surface area contributed by atoms with Gasteiger partial charge in [-0.15, -0.1) is 0 Å². The molecule has 9 heteroatoms. The van der Waals surface area contributed by atoms with Crippen LogP contribution >= 0.6 is 11.6 Å². The van der Waals surface area contributed by atoms with Crippen LogP contribution in [-0.2, 0) is 16.6 Å². The Morgan fingerprint density at radius 2 is 2.03 bits per heavy atom. The molecule has 0 bridgehead atoms. The van der Waals surface area contributed by atoms with Crippen LogP contribution < -0.4 is 5.32 Å². The SMILES string of the molecule is CCCc1nc(-c2ncc3c(n2)NC(=O)[C@@]3(C)c2ccc(Cl)cn2)cn2ccnc12. The Hall–Kier alpha value is -3.39. The Kier molecular flexibility index (Phi) is 4.25. The van der Waals surface area contributed by atoms with E-state index >= 15 is 0 Å². The fraction of sp³-hybridized carbons (Fsp3) is 0.238. The number of amides is 1. The van der Waals surface area contributed by atoms with Gasteiger partial charge in [-0.1, -0.05) is 24.9 Å². The van der Waals surface area contributed by atoms with Gasteiger partial charge in [0.25, 0.3) is 0 Å². The molecule has 0 unspecified atom stereocenters. The highest BCUT2D eigenvalue weighted by Crippen LogP contribution is 2.41. The number of nitrogens with one attached hydrogen (secondary N) is 1. The highest BCUT2D eigenvalue weighted by Gasteiger charge is 2.46. The monoisotopic (exact) mass is 419 g/mol. The van der Waals surface area contributed by atoms with E-state index < -0.39 is 5.41 Å². The van der Waals surface area contributed by atoms with Crippen molar-refractivity contribution in [2.24, 2.45) is 0 Å². The van der Waals surface area contributed by atoms with Crippen LogP contribution in [0.2, 0.25) is 5.02 Å². The van der Waals surface area contributed by atoms with Crippen molar-refractivity contribution in [3.8, 4) is 11.5 Å². The number of halogens is 1. The molecular formula is C21H18ClN7O. The molecule has 0 saturated carbocycles. The summed E-state index contributed by atoms with van der Waals surface area (Å²) in [7, 11) is 0. The van der Waals surface area contributed by atoms with E-state index in [1.807, 2.05) is 23.7 Å². The van der Waals surface area contributed by atoms with Crippen molar-refractivity contribution in [1.29, 1.82) is 0 Å². The zero-order valence-electron chi connectivity index (χ0n) is 16.4. The van der Waals surface area contributed by atoms with Crippen molar-refractivity contribution in [3.05, 3.63) is 65.1 Å². The summed E-state index contributed by atoms with van der Waals surface area (Å²) in [5.74, 6) is 0.701. The summed E-state index contributed by atoms with van der Waals surface area (Å²) >= 11 is 5.96. The first-order valence-corrected chi connectivity index (χ1v) is 10.0. The van der Waals surface area contributed by atoms with Gasteiger partial charge in [-0.25, -0.2) is 19.9 Å². The van der Waals surface area contributed by atoms with Gasteiger partial charge < -0.3 is 9.72 Å². The highest BCUT2D eigenvalue weighted by atomic mass is 35.5. The minimum atomic E-state index is -0.993. The van der Waals surface area contributed by atoms with Gasteiger partial charge in [0.15, 0.2) is 11.5 Å². The zero-order chi connectivity index (χ0) is 20.9. The van der Waals surface area contributed by atoms with Crippen LogP contribution in [-0.4, -0.2) is 35.2 Å². The number of anilines is 1. The smallest absolute Gasteiger partial charge is 0.242 e. The number of carbonyl (C=O) groups is 1. The standard InChI is InChI=1S/C21H18ClN7O/c1-3-4-14-19-23-7-8-29(19)11-15(26-14)18-25-10-13-17(27-18)28-20(30)21(13,2)16-6-5-12(22)9-24-16/h5-11H,3-4H2,1-2H3,(H,25,27,28,30)/t21-/m1/s1. The van der Waals surface area contributed by atoms with E-state index in [4.69, 9.17) is 16.6 Å². The molecule has 0 aliphatic carbocycles. The molecule has 150 valence electrons. The first-order chi connectivity index (χ1) is 14.5. The minimum absolute atomic E-state index is 0.205. The van der Waals surface area contributed by atoms with Crippen LogP contribution in [0.3, 0.4) is 0 Å². The molecule has 1 aliphatic heterocycles. The van der Waals surface area contributed by atoms with Crippen LogP contribution in [0.15, 0.2) is 43.1 Å². The average molecular weight is 420 g/mol. The Labute approximate surface area is 177 Å². The Morgan fingerprint density at radius 1 is 1.17 bits per heavy atom. The lowest BCUT2D eigenvalue weighted by molar-refractivity contribution is -0.119. The molecule has 5 heterocycles. The molecule has 5 rings (SSSR count). The molecule has 8 nitrogen and oxygen atoms in total. The van der Waals surface area contributed by atoms with E-state index in [0.717, 1.165) is 24.2 Å². The van der Waals surface area contributed by atoms with Gasteiger partial charge in [-0.3, -0.25) is 9.78 Å². The molecule has 4 aromatic heterocycles. The van der Waals surface area contributed by atoms with Gasteiger partial charge >= 0.3 is 0 Å². The van der Waals surface area contributed by atoms with Crippen molar-refractivity contribution in [2.75, 3.05) is 5.32 Å². The second kappa shape index (κ2) is 6.84. The summed E-state index contributed by atoms with van der Waals surface area (Å²) in [5.41, 5.74) is 2.61. The lowest BCUT2D eigenvalue weighted by Crippen LogP contribution is -2.33. The Morgan fingerprint density at radius 3 is 2.80 bits per heavy atom. The van der Waals surface area contributed by atoms with Crippen molar-refractivity contribution in [1.82, 2.24) is 29.3 Å². The second-order valence-electron chi connectivity index (χ2n) is 7.38. The largest absolute Gasteiger partial charge is 0.309 e. The summed E-state index contributed by atoms with van der Waals surface area (Å²) < 4.78 is 1.92. The molecule has 0 saturated heterocycles. The van der Waals surface area contributed by atoms with Crippen LogP contribution in [0, 0.1) is 0 Å².